The van der Waals surface area contributed by atoms with Crippen LogP contribution in [0.15, 0.2) is 0 Å². The molecule has 3 unspecified atom stereocenters. The molecule has 1 aliphatic rings. The highest BCUT2D eigenvalue weighted by molar-refractivity contribution is 5.85. The molecule has 1 fully saturated rings. The molecule has 0 aromatic carbocycles. The van der Waals surface area contributed by atoms with Crippen LogP contribution < -0.4 is 5.32 Å². The molecule has 0 aliphatic heterocycles. The molecule has 1 aliphatic carbocycles. The fourth-order valence-corrected chi connectivity index (χ4v) is 1.97. The van der Waals surface area contributed by atoms with Crippen molar-refractivity contribution in [3.8, 4) is 6.07 Å². The van der Waals surface area contributed by atoms with Gasteiger partial charge in [-0.1, -0.05) is 13.8 Å². The van der Waals surface area contributed by atoms with Crippen molar-refractivity contribution in [2.24, 2.45) is 11.3 Å². The number of rotatable bonds is 3. The van der Waals surface area contributed by atoms with Gasteiger partial charge in [0.2, 0.25) is 5.91 Å². The standard InChI is InChI=1S/C12H20N2O/c1-4-12(3,8-13)11(15)14-10-6-5-9(2)7-10/h9-10H,4-7H2,1-3H3,(H,14,15). The fourth-order valence-electron chi connectivity index (χ4n) is 1.97. The number of carbonyl (C=O) groups is 1. The monoisotopic (exact) mass is 208 g/mol. The highest BCUT2D eigenvalue weighted by atomic mass is 16.2. The number of nitrogens with zero attached hydrogens (tertiary/aromatic N) is 1. The van der Waals surface area contributed by atoms with Gasteiger partial charge in [0, 0.05) is 6.04 Å². The second-order valence-electron chi connectivity index (χ2n) is 4.89. The molecule has 3 nitrogen and oxygen atoms in total. The van der Waals surface area contributed by atoms with E-state index in [0.29, 0.717) is 12.3 Å². The maximum atomic E-state index is 11.9. The summed E-state index contributed by atoms with van der Waals surface area (Å²) in [6, 6.07) is 2.39. The van der Waals surface area contributed by atoms with Gasteiger partial charge in [-0.25, -0.2) is 0 Å². The number of nitrogens with one attached hydrogen (secondary N) is 1. The second-order valence-corrected chi connectivity index (χ2v) is 4.89. The predicted molar refractivity (Wildman–Crippen MR) is 59.0 cm³/mol. The fraction of sp³-hybridized carbons (Fsp3) is 0.833. The van der Waals surface area contributed by atoms with E-state index < -0.39 is 5.41 Å². The number of hydrogen-bond acceptors (Lipinski definition) is 2. The van der Waals surface area contributed by atoms with Crippen molar-refractivity contribution in [3.63, 3.8) is 0 Å². The minimum absolute atomic E-state index is 0.105. The number of amides is 1. The Labute approximate surface area is 91.9 Å². The lowest BCUT2D eigenvalue weighted by molar-refractivity contribution is -0.128. The van der Waals surface area contributed by atoms with Crippen LogP contribution in [0.3, 0.4) is 0 Å². The Balaban J connectivity index is 2.52. The SMILES string of the molecule is CCC(C)(C#N)C(=O)NC1CCC(C)C1. The second kappa shape index (κ2) is 4.65. The zero-order chi connectivity index (χ0) is 11.5. The molecule has 1 saturated carbocycles. The lowest BCUT2D eigenvalue weighted by atomic mass is 9.88. The smallest absolute Gasteiger partial charge is 0.240 e. The Morgan fingerprint density at radius 3 is 2.67 bits per heavy atom. The maximum absolute atomic E-state index is 11.9. The van der Waals surface area contributed by atoms with E-state index in [-0.39, 0.29) is 11.9 Å². The third kappa shape index (κ3) is 2.71. The molecule has 0 heterocycles. The van der Waals surface area contributed by atoms with E-state index in [4.69, 9.17) is 5.26 Å². The van der Waals surface area contributed by atoms with E-state index in [1.54, 1.807) is 6.92 Å². The first-order chi connectivity index (χ1) is 7.01. The van der Waals surface area contributed by atoms with Gasteiger partial charge in [-0.15, -0.1) is 0 Å². The molecule has 0 radical (unpaired) electrons. The summed E-state index contributed by atoms with van der Waals surface area (Å²) in [4.78, 5) is 11.9. The highest BCUT2D eigenvalue weighted by Gasteiger charge is 2.33. The van der Waals surface area contributed by atoms with E-state index in [1.165, 1.54) is 6.42 Å². The third-order valence-corrected chi connectivity index (χ3v) is 3.49. The van der Waals surface area contributed by atoms with Gasteiger partial charge < -0.3 is 5.32 Å². The summed E-state index contributed by atoms with van der Waals surface area (Å²) in [5, 5.41) is 12.0. The molecular weight excluding hydrogens is 188 g/mol. The van der Waals surface area contributed by atoms with Gasteiger partial charge >= 0.3 is 0 Å². The van der Waals surface area contributed by atoms with Gasteiger partial charge in [-0.2, -0.15) is 5.26 Å². The quantitative estimate of drug-likeness (QED) is 0.773. The van der Waals surface area contributed by atoms with Gasteiger partial charge in [0.15, 0.2) is 0 Å². The van der Waals surface area contributed by atoms with E-state index >= 15 is 0 Å². The van der Waals surface area contributed by atoms with Crippen molar-refractivity contribution < 1.29 is 4.79 Å². The van der Waals surface area contributed by atoms with E-state index in [1.807, 2.05) is 6.92 Å². The minimum atomic E-state index is -0.855. The summed E-state index contributed by atoms with van der Waals surface area (Å²) >= 11 is 0. The van der Waals surface area contributed by atoms with Crippen molar-refractivity contribution in [1.29, 1.82) is 5.26 Å². The molecule has 0 aromatic heterocycles. The maximum Gasteiger partial charge on any atom is 0.240 e. The van der Waals surface area contributed by atoms with Crippen molar-refractivity contribution >= 4 is 5.91 Å². The zero-order valence-electron chi connectivity index (χ0n) is 9.84. The molecule has 3 atom stereocenters. The molecule has 0 aromatic rings. The van der Waals surface area contributed by atoms with Crippen LogP contribution in [0.5, 0.6) is 0 Å². The highest BCUT2D eigenvalue weighted by Crippen LogP contribution is 2.26. The van der Waals surface area contributed by atoms with Crippen LogP contribution in [0.1, 0.15) is 46.5 Å². The van der Waals surface area contributed by atoms with E-state index in [0.717, 1.165) is 12.8 Å². The van der Waals surface area contributed by atoms with Gasteiger partial charge in [-0.3, -0.25) is 4.79 Å². The number of nitriles is 1. The molecular formula is C12H20N2O. The van der Waals surface area contributed by atoms with Crippen LogP contribution in [-0.4, -0.2) is 11.9 Å². The average molecular weight is 208 g/mol. The summed E-state index contributed by atoms with van der Waals surface area (Å²) in [7, 11) is 0. The summed E-state index contributed by atoms with van der Waals surface area (Å²) in [6.07, 6.45) is 3.85. The molecule has 15 heavy (non-hydrogen) atoms. The molecule has 1 rings (SSSR count). The molecule has 0 saturated heterocycles. The van der Waals surface area contributed by atoms with Crippen molar-refractivity contribution in [1.82, 2.24) is 5.32 Å². The average Bonchev–Trinajstić information content (AvgIpc) is 2.62. The van der Waals surface area contributed by atoms with Gasteiger partial charge in [0.25, 0.3) is 0 Å². The van der Waals surface area contributed by atoms with Crippen LogP contribution >= 0.6 is 0 Å². The van der Waals surface area contributed by atoms with Crippen molar-refractivity contribution in [2.75, 3.05) is 0 Å². The Hall–Kier alpha value is -1.04. The Bertz CT molecular complexity index is 282. The largest absolute Gasteiger partial charge is 0.352 e. The molecule has 3 heteroatoms. The summed E-state index contributed by atoms with van der Waals surface area (Å²) in [6.45, 7) is 5.79. The van der Waals surface area contributed by atoms with Crippen LogP contribution in [0, 0.1) is 22.7 Å². The number of hydrogen-bond donors (Lipinski definition) is 1. The van der Waals surface area contributed by atoms with E-state index in [9.17, 15) is 4.79 Å². The zero-order valence-corrected chi connectivity index (χ0v) is 9.84. The van der Waals surface area contributed by atoms with Crippen LogP contribution in [0.2, 0.25) is 0 Å². The first kappa shape index (κ1) is 12.0. The topological polar surface area (TPSA) is 52.9 Å². The molecule has 1 amide bonds. The predicted octanol–water partition coefficient (Wildman–Crippen LogP) is 2.23. The normalized spacial score (nSPS) is 29.2. The molecule has 84 valence electrons. The first-order valence-corrected chi connectivity index (χ1v) is 5.74. The molecule has 0 bridgehead atoms. The molecule has 1 N–H and O–H groups in total. The van der Waals surface area contributed by atoms with Gasteiger partial charge in [0.05, 0.1) is 6.07 Å². The first-order valence-electron chi connectivity index (χ1n) is 5.74. The summed E-state index contributed by atoms with van der Waals surface area (Å²) in [5.41, 5.74) is -0.855. The Kier molecular flexibility index (Phi) is 3.73. The summed E-state index contributed by atoms with van der Waals surface area (Å²) < 4.78 is 0. The lowest BCUT2D eigenvalue weighted by Crippen LogP contribution is -2.42. The van der Waals surface area contributed by atoms with Gasteiger partial charge in [0.1, 0.15) is 5.41 Å². The minimum Gasteiger partial charge on any atom is -0.352 e. The molecule has 0 spiro atoms. The van der Waals surface area contributed by atoms with Crippen LogP contribution in [0.4, 0.5) is 0 Å². The van der Waals surface area contributed by atoms with Crippen LogP contribution in [-0.2, 0) is 4.79 Å². The van der Waals surface area contributed by atoms with E-state index in [2.05, 4.69) is 18.3 Å². The van der Waals surface area contributed by atoms with Crippen molar-refractivity contribution in [2.45, 2.75) is 52.5 Å². The van der Waals surface area contributed by atoms with Crippen LogP contribution in [0.25, 0.3) is 0 Å². The van der Waals surface area contributed by atoms with Gasteiger partial charge in [-0.05, 0) is 38.5 Å². The van der Waals surface area contributed by atoms with Crippen molar-refractivity contribution in [3.05, 3.63) is 0 Å². The Morgan fingerprint density at radius 2 is 2.27 bits per heavy atom. The number of carbonyl (C=O) groups excluding carboxylic acids is 1. The third-order valence-electron chi connectivity index (χ3n) is 3.49. The summed E-state index contributed by atoms with van der Waals surface area (Å²) in [5.74, 6) is 0.594. The Morgan fingerprint density at radius 1 is 1.60 bits per heavy atom. The lowest BCUT2D eigenvalue weighted by Gasteiger charge is -2.21.